The predicted octanol–water partition coefficient (Wildman–Crippen LogP) is 3.98. The Kier molecular flexibility index (Phi) is 5.71. The van der Waals surface area contributed by atoms with Crippen LogP contribution in [-0.2, 0) is 16.4 Å². The van der Waals surface area contributed by atoms with E-state index < -0.39 is 10.0 Å². The van der Waals surface area contributed by atoms with E-state index >= 15 is 0 Å². The lowest BCUT2D eigenvalue weighted by Gasteiger charge is -2.30. The van der Waals surface area contributed by atoms with Crippen molar-refractivity contribution in [3.05, 3.63) is 76.7 Å². The summed E-state index contributed by atoms with van der Waals surface area (Å²) in [4.78, 5) is 4.76. The molecule has 0 aliphatic carbocycles. The minimum atomic E-state index is -3.61. The Morgan fingerprint density at radius 2 is 1.87 bits per heavy atom. The number of halogens is 1. The van der Waals surface area contributed by atoms with Crippen molar-refractivity contribution in [2.24, 2.45) is 0 Å². The number of sulfonamides is 1. The quantitative estimate of drug-likeness (QED) is 0.613. The Morgan fingerprint density at radius 1 is 1.13 bits per heavy atom. The SMILES string of the molecule is Cc1noc(C)c1S(=O)(=O)N1CCC(c2ccc(Cc3ccccc3F)cn2)CC1. The molecule has 0 saturated carbocycles. The second-order valence-corrected chi connectivity index (χ2v) is 9.57. The van der Waals surface area contributed by atoms with Crippen molar-refractivity contribution in [3.63, 3.8) is 0 Å². The van der Waals surface area contributed by atoms with Gasteiger partial charge in [0.1, 0.15) is 16.4 Å². The highest BCUT2D eigenvalue weighted by atomic mass is 32.2. The summed E-state index contributed by atoms with van der Waals surface area (Å²) < 4.78 is 46.3. The van der Waals surface area contributed by atoms with Crippen molar-refractivity contribution in [1.82, 2.24) is 14.4 Å². The Labute approximate surface area is 175 Å². The largest absolute Gasteiger partial charge is 0.360 e. The van der Waals surface area contributed by atoms with E-state index in [-0.39, 0.29) is 16.6 Å². The van der Waals surface area contributed by atoms with E-state index in [1.165, 1.54) is 10.4 Å². The summed E-state index contributed by atoms with van der Waals surface area (Å²) in [5, 5.41) is 3.77. The molecule has 0 unspecified atom stereocenters. The summed E-state index contributed by atoms with van der Waals surface area (Å²) in [6.07, 6.45) is 3.67. The molecule has 3 aromatic rings. The maximum Gasteiger partial charge on any atom is 0.248 e. The van der Waals surface area contributed by atoms with E-state index in [0.717, 1.165) is 11.3 Å². The Bertz CT molecular complexity index is 1120. The van der Waals surface area contributed by atoms with Crippen molar-refractivity contribution in [2.75, 3.05) is 13.1 Å². The summed E-state index contributed by atoms with van der Waals surface area (Å²) in [6.45, 7) is 4.11. The molecule has 1 aliphatic rings. The molecule has 0 atom stereocenters. The highest BCUT2D eigenvalue weighted by Crippen LogP contribution is 2.31. The van der Waals surface area contributed by atoms with Crippen molar-refractivity contribution < 1.29 is 17.3 Å². The highest BCUT2D eigenvalue weighted by molar-refractivity contribution is 7.89. The average Bonchev–Trinajstić information content (AvgIpc) is 3.09. The third-order valence-electron chi connectivity index (χ3n) is 5.64. The topological polar surface area (TPSA) is 76.3 Å². The zero-order chi connectivity index (χ0) is 21.3. The van der Waals surface area contributed by atoms with Gasteiger partial charge in [0.15, 0.2) is 5.76 Å². The number of hydrogen-bond acceptors (Lipinski definition) is 5. The molecule has 0 spiro atoms. The molecule has 6 nitrogen and oxygen atoms in total. The summed E-state index contributed by atoms with van der Waals surface area (Å²) >= 11 is 0. The van der Waals surface area contributed by atoms with Gasteiger partial charge >= 0.3 is 0 Å². The zero-order valence-corrected chi connectivity index (χ0v) is 17.8. The molecule has 0 radical (unpaired) electrons. The average molecular weight is 430 g/mol. The molecule has 1 fully saturated rings. The molecule has 0 bridgehead atoms. The van der Waals surface area contributed by atoms with E-state index in [0.29, 0.717) is 49.4 Å². The molecule has 1 aliphatic heterocycles. The predicted molar refractivity (Wildman–Crippen MR) is 110 cm³/mol. The van der Waals surface area contributed by atoms with Crippen LogP contribution in [-0.4, -0.2) is 36.0 Å². The van der Waals surface area contributed by atoms with Crippen LogP contribution in [0, 0.1) is 19.7 Å². The van der Waals surface area contributed by atoms with E-state index in [1.54, 1.807) is 32.2 Å². The van der Waals surface area contributed by atoms with Gasteiger partial charge in [0.05, 0.1) is 0 Å². The van der Waals surface area contributed by atoms with Crippen LogP contribution >= 0.6 is 0 Å². The maximum absolute atomic E-state index is 13.8. The summed E-state index contributed by atoms with van der Waals surface area (Å²) in [6, 6.07) is 10.7. The van der Waals surface area contributed by atoms with Crippen LogP contribution in [0.4, 0.5) is 4.39 Å². The Balaban J connectivity index is 1.41. The number of pyridine rings is 1. The van der Waals surface area contributed by atoms with E-state index in [1.807, 2.05) is 18.2 Å². The molecule has 8 heteroatoms. The Hall–Kier alpha value is -2.58. The monoisotopic (exact) mass is 429 g/mol. The number of aromatic nitrogens is 2. The summed E-state index contributed by atoms with van der Waals surface area (Å²) in [5.74, 6) is 0.304. The first-order chi connectivity index (χ1) is 14.4. The van der Waals surface area contributed by atoms with Crippen LogP contribution in [0.5, 0.6) is 0 Å². The standard InChI is InChI=1S/C22H24FN3O3S/c1-15-22(16(2)29-25-15)30(27,28)26-11-9-18(10-12-26)21-8-7-17(14-24-21)13-19-5-3-4-6-20(19)23/h3-8,14,18H,9-13H2,1-2H3. The number of benzene rings is 1. The van der Waals surface area contributed by atoms with Gasteiger partial charge in [0.2, 0.25) is 10.0 Å². The summed E-state index contributed by atoms with van der Waals surface area (Å²) in [5.41, 5.74) is 2.93. The van der Waals surface area contributed by atoms with E-state index in [2.05, 4.69) is 10.1 Å². The van der Waals surface area contributed by atoms with Crippen LogP contribution in [0.2, 0.25) is 0 Å². The number of aryl methyl sites for hydroxylation is 2. The van der Waals surface area contributed by atoms with Crippen LogP contribution in [0.15, 0.2) is 52.0 Å². The lowest BCUT2D eigenvalue weighted by atomic mass is 9.93. The van der Waals surface area contributed by atoms with Gasteiger partial charge in [-0.3, -0.25) is 4.98 Å². The molecule has 3 heterocycles. The van der Waals surface area contributed by atoms with Gasteiger partial charge in [-0.15, -0.1) is 0 Å². The highest BCUT2D eigenvalue weighted by Gasteiger charge is 2.34. The van der Waals surface area contributed by atoms with Crippen LogP contribution in [0.3, 0.4) is 0 Å². The fourth-order valence-electron chi connectivity index (χ4n) is 4.01. The summed E-state index contributed by atoms with van der Waals surface area (Å²) in [7, 11) is -3.61. The zero-order valence-electron chi connectivity index (χ0n) is 17.0. The Morgan fingerprint density at radius 3 is 2.47 bits per heavy atom. The second kappa shape index (κ2) is 8.28. The van der Waals surface area contributed by atoms with Gasteiger partial charge < -0.3 is 4.52 Å². The minimum absolute atomic E-state index is 0.177. The smallest absolute Gasteiger partial charge is 0.248 e. The van der Waals surface area contributed by atoms with E-state index in [4.69, 9.17) is 4.52 Å². The van der Waals surface area contributed by atoms with Crippen LogP contribution in [0.1, 0.15) is 47.0 Å². The molecular weight excluding hydrogens is 405 g/mol. The van der Waals surface area contributed by atoms with Crippen LogP contribution in [0.25, 0.3) is 0 Å². The molecule has 0 amide bonds. The molecule has 0 N–H and O–H groups in total. The van der Waals surface area contributed by atoms with Crippen molar-refractivity contribution in [2.45, 2.75) is 43.9 Å². The second-order valence-electron chi connectivity index (χ2n) is 7.69. The number of hydrogen-bond donors (Lipinski definition) is 0. The van der Waals surface area contributed by atoms with Gasteiger partial charge in [-0.05, 0) is 49.9 Å². The third-order valence-corrected chi connectivity index (χ3v) is 7.78. The van der Waals surface area contributed by atoms with Gasteiger partial charge in [-0.1, -0.05) is 29.4 Å². The van der Waals surface area contributed by atoms with Gasteiger partial charge in [0, 0.05) is 37.3 Å². The van der Waals surface area contributed by atoms with Crippen molar-refractivity contribution in [3.8, 4) is 0 Å². The lowest BCUT2D eigenvalue weighted by molar-refractivity contribution is 0.316. The number of rotatable bonds is 5. The molecular formula is C22H24FN3O3S. The van der Waals surface area contributed by atoms with Crippen molar-refractivity contribution >= 4 is 10.0 Å². The molecule has 30 heavy (non-hydrogen) atoms. The minimum Gasteiger partial charge on any atom is -0.360 e. The molecule has 1 saturated heterocycles. The fourth-order valence-corrected chi connectivity index (χ4v) is 5.77. The molecule has 1 aromatic carbocycles. The molecule has 158 valence electrons. The van der Waals surface area contributed by atoms with Crippen LogP contribution < -0.4 is 0 Å². The number of piperidine rings is 1. The van der Waals surface area contributed by atoms with Crippen molar-refractivity contribution in [1.29, 1.82) is 0 Å². The van der Waals surface area contributed by atoms with Gasteiger partial charge in [-0.25, -0.2) is 12.8 Å². The van der Waals surface area contributed by atoms with Gasteiger partial charge in [-0.2, -0.15) is 4.31 Å². The maximum atomic E-state index is 13.8. The first-order valence-corrected chi connectivity index (χ1v) is 11.4. The fraction of sp³-hybridized carbons (Fsp3) is 0.364. The first-order valence-electron chi connectivity index (χ1n) is 9.97. The number of nitrogens with zero attached hydrogens (tertiary/aromatic N) is 3. The van der Waals surface area contributed by atoms with E-state index in [9.17, 15) is 12.8 Å². The normalized spacial score (nSPS) is 16.1. The van der Waals surface area contributed by atoms with Gasteiger partial charge in [0.25, 0.3) is 0 Å². The molecule has 2 aromatic heterocycles. The lowest BCUT2D eigenvalue weighted by Crippen LogP contribution is -2.38. The third kappa shape index (κ3) is 4.02. The first kappa shape index (κ1) is 20.7. The molecule has 4 rings (SSSR count).